The number of nitrogens with one attached hydrogen (secondary N) is 2. The number of fused-ring (bicyclic) bond motifs is 3. The monoisotopic (exact) mass is 492 g/mol. The molecule has 1 aliphatic rings. The molecule has 1 atom stereocenters. The Kier molecular flexibility index (Phi) is 6.91. The third kappa shape index (κ3) is 5.05. The Morgan fingerprint density at radius 1 is 0.946 bits per heavy atom. The second kappa shape index (κ2) is 10.4. The van der Waals surface area contributed by atoms with E-state index in [1.54, 1.807) is 4.57 Å². The Labute approximate surface area is 217 Å². The van der Waals surface area contributed by atoms with Crippen molar-refractivity contribution in [2.24, 2.45) is 0 Å². The van der Waals surface area contributed by atoms with Gasteiger partial charge in [0.1, 0.15) is 0 Å². The fourth-order valence-corrected chi connectivity index (χ4v) is 5.15. The molecular weight excluding hydrogens is 460 g/mol. The standard InChI is InChI=1S/C31H32N4O2/c1-3-31(2)21-24-16-10-11-17-25(24)28-27(31)29(37)35(19-18-22-12-6-4-7-13-22)30(32-28)34-33-26(36)20-23-14-8-5-9-15-23/h4-17H,3,18-21H2,1-2H3,(H,32,34)(H,33,36)/t31-/m1/s1. The molecule has 1 amide bonds. The van der Waals surface area contributed by atoms with Gasteiger partial charge in [0.25, 0.3) is 5.56 Å². The summed E-state index contributed by atoms with van der Waals surface area (Å²) in [5.41, 5.74) is 11.0. The smallest absolute Gasteiger partial charge is 0.259 e. The van der Waals surface area contributed by atoms with E-state index in [0.717, 1.165) is 35.1 Å². The molecule has 0 spiro atoms. The van der Waals surface area contributed by atoms with Crippen LogP contribution in [0.2, 0.25) is 0 Å². The molecule has 0 saturated carbocycles. The van der Waals surface area contributed by atoms with Gasteiger partial charge < -0.3 is 0 Å². The van der Waals surface area contributed by atoms with Crippen LogP contribution in [0.3, 0.4) is 0 Å². The van der Waals surface area contributed by atoms with E-state index >= 15 is 0 Å². The van der Waals surface area contributed by atoms with Crippen LogP contribution in [0.15, 0.2) is 89.7 Å². The zero-order valence-electron chi connectivity index (χ0n) is 21.3. The van der Waals surface area contributed by atoms with Crippen molar-refractivity contribution in [3.05, 3.63) is 118 Å². The summed E-state index contributed by atoms with van der Waals surface area (Å²) in [5.74, 6) is 0.142. The van der Waals surface area contributed by atoms with E-state index in [9.17, 15) is 9.59 Å². The second-order valence-corrected chi connectivity index (χ2v) is 9.94. The molecule has 5 rings (SSSR count). The Hall–Kier alpha value is -4.19. The molecule has 3 aromatic carbocycles. The van der Waals surface area contributed by atoms with Gasteiger partial charge in [-0.3, -0.25) is 25.0 Å². The number of hydrogen-bond acceptors (Lipinski definition) is 4. The molecular formula is C31H32N4O2. The number of carbonyl (C=O) groups is 1. The largest absolute Gasteiger partial charge is 0.277 e. The quantitative estimate of drug-likeness (QED) is 0.337. The number of benzene rings is 3. The van der Waals surface area contributed by atoms with Gasteiger partial charge in [-0.15, -0.1) is 0 Å². The molecule has 188 valence electrons. The average molecular weight is 493 g/mol. The van der Waals surface area contributed by atoms with Crippen LogP contribution < -0.4 is 16.4 Å². The van der Waals surface area contributed by atoms with Gasteiger partial charge in [0.05, 0.1) is 17.7 Å². The zero-order valence-corrected chi connectivity index (χ0v) is 21.3. The van der Waals surface area contributed by atoms with Crippen molar-refractivity contribution in [3.63, 3.8) is 0 Å². The number of nitrogens with zero attached hydrogens (tertiary/aromatic N) is 2. The van der Waals surface area contributed by atoms with Gasteiger partial charge >= 0.3 is 0 Å². The van der Waals surface area contributed by atoms with Crippen LogP contribution in [0.25, 0.3) is 11.3 Å². The summed E-state index contributed by atoms with van der Waals surface area (Å²) < 4.78 is 1.68. The van der Waals surface area contributed by atoms with E-state index in [4.69, 9.17) is 4.98 Å². The van der Waals surface area contributed by atoms with E-state index in [1.165, 1.54) is 5.56 Å². The van der Waals surface area contributed by atoms with Crippen LogP contribution in [0.5, 0.6) is 0 Å². The van der Waals surface area contributed by atoms with Crippen LogP contribution in [0, 0.1) is 0 Å². The first-order chi connectivity index (χ1) is 18.0. The highest BCUT2D eigenvalue weighted by molar-refractivity contribution is 5.79. The number of rotatable bonds is 8. The number of anilines is 1. The Morgan fingerprint density at radius 3 is 2.30 bits per heavy atom. The summed E-state index contributed by atoms with van der Waals surface area (Å²) >= 11 is 0. The number of aryl methyl sites for hydroxylation is 1. The number of hydrogen-bond donors (Lipinski definition) is 2. The highest BCUT2D eigenvalue weighted by Crippen LogP contribution is 2.42. The third-order valence-corrected chi connectivity index (χ3v) is 7.39. The van der Waals surface area contributed by atoms with Crippen molar-refractivity contribution in [1.29, 1.82) is 0 Å². The van der Waals surface area contributed by atoms with Crippen LogP contribution >= 0.6 is 0 Å². The summed E-state index contributed by atoms with van der Waals surface area (Å²) in [6.45, 7) is 4.73. The normalized spacial score (nSPS) is 15.9. The lowest BCUT2D eigenvalue weighted by atomic mass is 9.69. The molecule has 0 aliphatic heterocycles. The Morgan fingerprint density at radius 2 is 1.59 bits per heavy atom. The molecule has 6 nitrogen and oxygen atoms in total. The predicted octanol–water partition coefficient (Wildman–Crippen LogP) is 5.06. The van der Waals surface area contributed by atoms with Crippen LogP contribution in [0.1, 0.15) is 42.5 Å². The van der Waals surface area contributed by atoms with Crippen LogP contribution in [-0.2, 0) is 36.0 Å². The molecule has 6 heteroatoms. The minimum absolute atomic E-state index is 0.0559. The molecule has 1 aromatic heterocycles. The first kappa shape index (κ1) is 24.5. The number of amides is 1. The summed E-state index contributed by atoms with van der Waals surface area (Å²) in [6.07, 6.45) is 2.52. The Bertz CT molecular complexity index is 1460. The summed E-state index contributed by atoms with van der Waals surface area (Å²) in [7, 11) is 0. The van der Waals surface area contributed by atoms with Gasteiger partial charge in [0, 0.05) is 17.5 Å². The maximum absolute atomic E-state index is 14.1. The van der Waals surface area contributed by atoms with Gasteiger partial charge in [-0.25, -0.2) is 4.98 Å². The average Bonchev–Trinajstić information content (AvgIpc) is 2.92. The molecule has 0 fully saturated rings. The molecule has 1 heterocycles. The molecule has 1 aliphatic carbocycles. The van der Waals surface area contributed by atoms with Crippen molar-refractivity contribution in [2.75, 3.05) is 5.43 Å². The minimum atomic E-state index is -0.322. The topological polar surface area (TPSA) is 76.0 Å². The molecule has 0 bridgehead atoms. The van der Waals surface area contributed by atoms with Gasteiger partial charge in [0.2, 0.25) is 11.9 Å². The molecule has 4 aromatic rings. The lowest BCUT2D eigenvalue weighted by Crippen LogP contribution is -2.42. The number of carbonyl (C=O) groups excluding carboxylic acids is 1. The fraction of sp³-hybridized carbons (Fsp3) is 0.258. The van der Waals surface area contributed by atoms with Crippen LogP contribution in [0.4, 0.5) is 5.95 Å². The SMILES string of the molecule is CC[C@]1(C)Cc2ccccc2-c2nc(NNC(=O)Cc3ccccc3)n(CCc3ccccc3)c(=O)c21. The molecule has 37 heavy (non-hydrogen) atoms. The van der Waals surface area contributed by atoms with E-state index in [-0.39, 0.29) is 23.3 Å². The van der Waals surface area contributed by atoms with Crippen molar-refractivity contribution >= 4 is 11.9 Å². The molecule has 0 radical (unpaired) electrons. The molecule has 0 unspecified atom stereocenters. The highest BCUT2D eigenvalue weighted by Gasteiger charge is 2.38. The first-order valence-electron chi connectivity index (χ1n) is 12.8. The first-order valence-corrected chi connectivity index (χ1v) is 12.8. The van der Waals surface area contributed by atoms with Gasteiger partial charge in [-0.2, -0.15) is 0 Å². The summed E-state index contributed by atoms with van der Waals surface area (Å²) in [5, 5.41) is 0. The van der Waals surface area contributed by atoms with E-state index in [0.29, 0.717) is 24.6 Å². The fourth-order valence-electron chi connectivity index (χ4n) is 5.15. The maximum atomic E-state index is 14.1. The molecule has 2 N–H and O–H groups in total. The van der Waals surface area contributed by atoms with E-state index in [2.05, 4.69) is 42.9 Å². The van der Waals surface area contributed by atoms with Gasteiger partial charge in [-0.05, 0) is 36.0 Å². The van der Waals surface area contributed by atoms with Crippen molar-refractivity contribution in [2.45, 2.75) is 51.5 Å². The summed E-state index contributed by atoms with van der Waals surface area (Å²) in [6, 6.07) is 27.8. The van der Waals surface area contributed by atoms with E-state index < -0.39 is 0 Å². The van der Waals surface area contributed by atoms with Gasteiger partial charge in [0.15, 0.2) is 0 Å². The third-order valence-electron chi connectivity index (χ3n) is 7.39. The predicted molar refractivity (Wildman–Crippen MR) is 147 cm³/mol. The lowest BCUT2D eigenvalue weighted by molar-refractivity contribution is -0.119. The number of hydrazine groups is 1. The Balaban J connectivity index is 1.54. The van der Waals surface area contributed by atoms with E-state index in [1.807, 2.05) is 66.7 Å². The van der Waals surface area contributed by atoms with Gasteiger partial charge in [-0.1, -0.05) is 98.8 Å². The zero-order chi connectivity index (χ0) is 25.8. The summed E-state index contributed by atoms with van der Waals surface area (Å²) in [4.78, 5) is 31.8. The van der Waals surface area contributed by atoms with Crippen LogP contribution in [-0.4, -0.2) is 15.5 Å². The molecule has 0 saturated heterocycles. The van der Waals surface area contributed by atoms with Crippen molar-refractivity contribution in [1.82, 2.24) is 15.0 Å². The second-order valence-electron chi connectivity index (χ2n) is 9.94. The minimum Gasteiger partial charge on any atom is -0.277 e. The highest BCUT2D eigenvalue weighted by atomic mass is 16.2. The lowest BCUT2D eigenvalue weighted by Gasteiger charge is -2.36. The van der Waals surface area contributed by atoms with Crippen molar-refractivity contribution in [3.8, 4) is 11.3 Å². The number of aromatic nitrogens is 2. The maximum Gasteiger partial charge on any atom is 0.259 e. The van der Waals surface area contributed by atoms with Crippen molar-refractivity contribution < 1.29 is 4.79 Å².